The number of benzene rings is 1. The number of rotatable bonds is 5. The zero-order chi connectivity index (χ0) is 21.1. The molecule has 9 heteroatoms. The minimum Gasteiger partial charge on any atom is -0.369 e. The van der Waals surface area contributed by atoms with Gasteiger partial charge in [-0.05, 0) is 37.1 Å². The van der Waals surface area contributed by atoms with Crippen LogP contribution in [0.4, 0.5) is 17.2 Å². The van der Waals surface area contributed by atoms with Gasteiger partial charge in [-0.25, -0.2) is 4.98 Å². The topological polar surface area (TPSA) is 109 Å². The molecule has 3 amide bonds. The molecule has 3 N–H and O–H groups in total. The summed E-state index contributed by atoms with van der Waals surface area (Å²) in [5.74, 6) is 0.251. The number of nitrogens with two attached hydrogens (primary N) is 1. The number of carbonyl (C=O) groups excluding carboxylic acids is 3. The number of para-hydroxylation sites is 1. The summed E-state index contributed by atoms with van der Waals surface area (Å²) in [6.07, 6.45) is 3.27. The molecule has 8 nitrogen and oxygen atoms in total. The first-order chi connectivity index (χ1) is 14.5. The molecule has 1 atom stereocenters. The zero-order valence-electron chi connectivity index (χ0n) is 16.4. The van der Waals surface area contributed by atoms with Gasteiger partial charge in [-0.1, -0.05) is 12.1 Å². The Balaban J connectivity index is 1.39. The van der Waals surface area contributed by atoms with Gasteiger partial charge in [0.25, 0.3) is 0 Å². The first-order valence-corrected chi connectivity index (χ1v) is 10.8. The highest BCUT2D eigenvalue weighted by Gasteiger charge is 2.27. The predicted molar refractivity (Wildman–Crippen MR) is 117 cm³/mol. The Labute approximate surface area is 178 Å². The van der Waals surface area contributed by atoms with Crippen LogP contribution in [0.5, 0.6) is 0 Å². The minimum absolute atomic E-state index is 0.0510. The van der Waals surface area contributed by atoms with Crippen LogP contribution in [0.25, 0.3) is 0 Å². The monoisotopic (exact) mass is 425 g/mol. The van der Waals surface area contributed by atoms with Crippen molar-refractivity contribution >= 4 is 46.7 Å². The van der Waals surface area contributed by atoms with Crippen LogP contribution in [0.15, 0.2) is 47.5 Å². The van der Waals surface area contributed by atoms with Crippen molar-refractivity contribution in [1.82, 2.24) is 4.98 Å². The lowest BCUT2D eigenvalue weighted by Gasteiger charge is -2.32. The molecule has 2 aliphatic rings. The molecule has 2 aliphatic heterocycles. The third kappa shape index (κ3) is 4.40. The van der Waals surface area contributed by atoms with Crippen LogP contribution in [0.1, 0.15) is 12.8 Å². The van der Waals surface area contributed by atoms with Crippen molar-refractivity contribution in [3.8, 4) is 0 Å². The predicted octanol–water partition coefficient (Wildman–Crippen LogP) is 1.86. The Morgan fingerprint density at radius 3 is 2.83 bits per heavy atom. The van der Waals surface area contributed by atoms with E-state index in [0.29, 0.717) is 18.0 Å². The highest BCUT2D eigenvalue weighted by molar-refractivity contribution is 8.00. The van der Waals surface area contributed by atoms with E-state index in [2.05, 4.69) is 10.3 Å². The molecule has 0 spiro atoms. The Morgan fingerprint density at radius 1 is 1.23 bits per heavy atom. The summed E-state index contributed by atoms with van der Waals surface area (Å²) in [5.41, 5.74) is 6.76. The average Bonchev–Trinajstić information content (AvgIpc) is 2.76. The second-order valence-electron chi connectivity index (χ2n) is 7.38. The number of thioether (sulfide) groups is 1. The number of fused-ring (bicyclic) bond motifs is 1. The molecular formula is C21H23N5O3S. The maximum absolute atomic E-state index is 12.5. The average molecular weight is 426 g/mol. The number of amides is 3. The van der Waals surface area contributed by atoms with Gasteiger partial charge in [0.2, 0.25) is 17.7 Å². The van der Waals surface area contributed by atoms with Crippen molar-refractivity contribution in [3.05, 3.63) is 42.6 Å². The summed E-state index contributed by atoms with van der Waals surface area (Å²) in [6.45, 7) is 1.32. The molecule has 0 radical (unpaired) electrons. The molecule has 4 rings (SSSR count). The standard InChI is InChI=1S/C21H23N5O3S/c22-21(29)14-4-3-9-25(11-14)18-8-7-15(10-23-18)24-19(27)12-26-16-5-1-2-6-17(16)30-13-20(26)28/h1-2,5-8,10,14H,3-4,9,11-13H2,(H2,22,29)(H,24,27). The molecule has 156 valence electrons. The minimum atomic E-state index is -0.286. The van der Waals surface area contributed by atoms with Gasteiger partial charge in [-0.15, -0.1) is 11.8 Å². The van der Waals surface area contributed by atoms with Gasteiger partial charge in [0.15, 0.2) is 0 Å². The summed E-state index contributed by atoms with van der Waals surface area (Å²) in [4.78, 5) is 45.3. The number of pyridine rings is 1. The third-order valence-corrected chi connectivity index (χ3v) is 6.34. The number of hydrogen-bond acceptors (Lipinski definition) is 6. The van der Waals surface area contributed by atoms with E-state index in [4.69, 9.17) is 5.73 Å². The lowest BCUT2D eigenvalue weighted by Crippen LogP contribution is -2.41. The summed E-state index contributed by atoms with van der Waals surface area (Å²) < 4.78 is 0. The van der Waals surface area contributed by atoms with Crippen LogP contribution < -0.4 is 20.9 Å². The number of anilines is 3. The van der Waals surface area contributed by atoms with E-state index >= 15 is 0 Å². The highest BCUT2D eigenvalue weighted by Crippen LogP contribution is 2.34. The molecule has 1 unspecified atom stereocenters. The Morgan fingerprint density at radius 2 is 2.07 bits per heavy atom. The quantitative estimate of drug-likeness (QED) is 0.757. The number of nitrogens with zero attached hydrogens (tertiary/aromatic N) is 3. The Bertz CT molecular complexity index is 965. The zero-order valence-corrected chi connectivity index (χ0v) is 17.2. The van der Waals surface area contributed by atoms with Crippen molar-refractivity contribution < 1.29 is 14.4 Å². The van der Waals surface area contributed by atoms with Gasteiger partial charge in [0.05, 0.1) is 29.2 Å². The lowest BCUT2D eigenvalue weighted by molar-refractivity contribution is -0.122. The first-order valence-electron chi connectivity index (χ1n) is 9.83. The molecule has 1 fully saturated rings. The second-order valence-corrected chi connectivity index (χ2v) is 8.39. The van der Waals surface area contributed by atoms with Gasteiger partial charge in [0.1, 0.15) is 12.4 Å². The van der Waals surface area contributed by atoms with Crippen LogP contribution in [-0.4, -0.2) is 48.1 Å². The van der Waals surface area contributed by atoms with E-state index < -0.39 is 0 Å². The smallest absolute Gasteiger partial charge is 0.244 e. The first kappa shape index (κ1) is 20.2. The Hall–Kier alpha value is -3.07. The number of hydrogen-bond donors (Lipinski definition) is 2. The number of nitrogens with one attached hydrogen (secondary N) is 1. The van der Waals surface area contributed by atoms with E-state index in [1.807, 2.05) is 35.2 Å². The third-order valence-electron chi connectivity index (χ3n) is 5.29. The molecule has 1 aromatic carbocycles. The van der Waals surface area contributed by atoms with E-state index in [-0.39, 0.29) is 30.2 Å². The van der Waals surface area contributed by atoms with Crippen molar-refractivity contribution in [2.45, 2.75) is 17.7 Å². The summed E-state index contributed by atoms with van der Waals surface area (Å²) in [7, 11) is 0. The van der Waals surface area contributed by atoms with Crippen molar-refractivity contribution in [3.63, 3.8) is 0 Å². The van der Waals surface area contributed by atoms with Crippen LogP contribution in [-0.2, 0) is 14.4 Å². The molecule has 30 heavy (non-hydrogen) atoms. The second kappa shape index (κ2) is 8.74. The van der Waals surface area contributed by atoms with Crippen LogP contribution in [0.2, 0.25) is 0 Å². The fraction of sp³-hybridized carbons (Fsp3) is 0.333. The maximum Gasteiger partial charge on any atom is 0.244 e. The lowest BCUT2D eigenvalue weighted by atomic mass is 9.97. The molecule has 0 bridgehead atoms. The van der Waals surface area contributed by atoms with Crippen LogP contribution in [0.3, 0.4) is 0 Å². The van der Waals surface area contributed by atoms with E-state index in [1.54, 1.807) is 12.3 Å². The van der Waals surface area contributed by atoms with E-state index in [9.17, 15) is 14.4 Å². The summed E-state index contributed by atoms with van der Waals surface area (Å²) >= 11 is 1.48. The summed E-state index contributed by atoms with van der Waals surface area (Å²) in [5, 5.41) is 2.80. The van der Waals surface area contributed by atoms with Gasteiger partial charge >= 0.3 is 0 Å². The maximum atomic E-state index is 12.5. The largest absolute Gasteiger partial charge is 0.369 e. The molecule has 0 saturated carbocycles. The number of piperidine rings is 1. The van der Waals surface area contributed by atoms with Crippen molar-refractivity contribution in [2.24, 2.45) is 11.7 Å². The molecular weight excluding hydrogens is 402 g/mol. The van der Waals surface area contributed by atoms with Crippen LogP contribution >= 0.6 is 11.8 Å². The normalized spacial score (nSPS) is 18.7. The molecule has 0 aliphatic carbocycles. The van der Waals surface area contributed by atoms with Crippen molar-refractivity contribution in [1.29, 1.82) is 0 Å². The van der Waals surface area contributed by atoms with Crippen LogP contribution in [0, 0.1) is 5.92 Å². The van der Waals surface area contributed by atoms with E-state index in [1.165, 1.54) is 16.7 Å². The van der Waals surface area contributed by atoms with Gasteiger partial charge in [0, 0.05) is 18.0 Å². The van der Waals surface area contributed by atoms with Gasteiger partial charge in [-0.3, -0.25) is 14.4 Å². The number of primary amides is 1. The van der Waals surface area contributed by atoms with E-state index in [0.717, 1.165) is 35.8 Å². The fourth-order valence-electron chi connectivity index (χ4n) is 3.74. The summed E-state index contributed by atoms with van der Waals surface area (Å²) in [6, 6.07) is 11.2. The van der Waals surface area contributed by atoms with Gasteiger partial charge < -0.3 is 20.9 Å². The SMILES string of the molecule is NC(=O)C1CCCN(c2ccc(NC(=O)CN3C(=O)CSc4ccccc43)cn2)C1. The van der Waals surface area contributed by atoms with Gasteiger partial charge in [-0.2, -0.15) is 0 Å². The number of aromatic nitrogens is 1. The number of carbonyl (C=O) groups is 3. The fourth-order valence-corrected chi connectivity index (χ4v) is 4.67. The molecule has 1 saturated heterocycles. The molecule has 3 heterocycles. The highest BCUT2D eigenvalue weighted by atomic mass is 32.2. The molecule has 2 aromatic rings. The Kier molecular flexibility index (Phi) is 5.89. The molecule has 1 aromatic heterocycles. The van der Waals surface area contributed by atoms with Crippen molar-refractivity contribution in [2.75, 3.05) is 40.5 Å².